The van der Waals surface area contributed by atoms with E-state index in [1.165, 1.54) is 37.7 Å². The van der Waals surface area contributed by atoms with Gasteiger partial charge in [-0.1, -0.05) is 31.4 Å². The van der Waals surface area contributed by atoms with E-state index in [9.17, 15) is 4.79 Å². The first kappa shape index (κ1) is 16.5. The molecule has 126 valence electrons. The van der Waals surface area contributed by atoms with Gasteiger partial charge in [0.1, 0.15) is 0 Å². The van der Waals surface area contributed by atoms with E-state index in [2.05, 4.69) is 28.1 Å². The standard InChI is InChI=1S/C19H29N3O/c23-19(14-21-17-10-12-20-13-11-17)22-18-8-6-16(7-9-18)15-4-2-1-3-5-15/h6-9,15,17,20-21H,1-5,10-14H2,(H,22,23). The number of carbonyl (C=O) groups excluding carboxylic acids is 1. The minimum Gasteiger partial charge on any atom is -0.325 e. The van der Waals surface area contributed by atoms with Gasteiger partial charge in [0.25, 0.3) is 0 Å². The zero-order chi connectivity index (χ0) is 15.9. The van der Waals surface area contributed by atoms with Crippen LogP contribution < -0.4 is 16.0 Å². The van der Waals surface area contributed by atoms with Gasteiger partial charge in [-0.05, 0) is 62.4 Å². The van der Waals surface area contributed by atoms with Crippen LogP contribution >= 0.6 is 0 Å². The van der Waals surface area contributed by atoms with Crippen LogP contribution in [-0.4, -0.2) is 31.6 Å². The number of amides is 1. The van der Waals surface area contributed by atoms with E-state index in [4.69, 9.17) is 0 Å². The Morgan fingerprint density at radius 1 is 1.00 bits per heavy atom. The first-order valence-corrected chi connectivity index (χ1v) is 9.15. The van der Waals surface area contributed by atoms with Gasteiger partial charge in [0.05, 0.1) is 6.54 Å². The minimum atomic E-state index is 0.0500. The van der Waals surface area contributed by atoms with Crippen molar-refractivity contribution in [1.82, 2.24) is 10.6 Å². The monoisotopic (exact) mass is 315 g/mol. The Labute approximate surface area is 139 Å². The molecular weight excluding hydrogens is 286 g/mol. The number of piperidine rings is 1. The fourth-order valence-corrected chi connectivity index (χ4v) is 3.74. The van der Waals surface area contributed by atoms with Crippen LogP contribution in [0.25, 0.3) is 0 Å². The number of anilines is 1. The predicted octanol–water partition coefficient (Wildman–Crippen LogP) is 3.01. The molecule has 2 aliphatic rings. The number of carbonyl (C=O) groups is 1. The molecule has 1 saturated heterocycles. The van der Waals surface area contributed by atoms with Crippen LogP contribution in [0, 0.1) is 0 Å². The van der Waals surface area contributed by atoms with Crippen LogP contribution in [0.1, 0.15) is 56.4 Å². The largest absolute Gasteiger partial charge is 0.325 e. The van der Waals surface area contributed by atoms with Crippen LogP contribution in [-0.2, 0) is 4.79 Å². The first-order valence-electron chi connectivity index (χ1n) is 9.15. The molecule has 3 N–H and O–H groups in total. The summed E-state index contributed by atoms with van der Waals surface area (Å²) in [5.74, 6) is 0.768. The van der Waals surface area contributed by atoms with E-state index < -0.39 is 0 Å². The molecule has 1 aromatic rings. The van der Waals surface area contributed by atoms with Crippen molar-refractivity contribution in [2.75, 3.05) is 25.0 Å². The van der Waals surface area contributed by atoms with Crippen molar-refractivity contribution < 1.29 is 4.79 Å². The van der Waals surface area contributed by atoms with Crippen molar-refractivity contribution in [2.45, 2.75) is 56.9 Å². The van der Waals surface area contributed by atoms with Gasteiger partial charge in [0.15, 0.2) is 0 Å². The molecule has 1 aromatic carbocycles. The Bertz CT molecular complexity index is 488. The Kier molecular flexibility index (Phi) is 6.06. The number of rotatable bonds is 5. The van der Waals surface area contributed by atoms with Gasteiger partial charge in [-0.3, -0.25) is 4.79 Å². The predicted molar refractivity (Wildman–Crippen MR) is 94.8 cm³/mol. The van der Waals surface area contributed by atoms with Gasteiger partial charge in [0, 0.05) is 11.7 Å². The normalized spacial score (nSPS) is 20.3. The number of benzene rings is 1. The van der Waals surface area contributed by atoms with E-state index in [1.54, 1.807) is 0 Å². The van der Waals surface area contributed by atoms with Crippen molar-refractivity contribution in [2.24, 2.45) is 0 Å². The fourth-order valence-electron chi connectivity index (χ4n) is 3.74. The van der Waals surface area contributed by atoms with Gasteiger partial charge >= 0.3 is 0 Å². The first-order chi connectivity index (χ1) is 11.3. The quantitative estimate of drug-likeness (QED) is 0.783. The summed E-state index contributed by atoms with van der Waals surface area (Å²) in [5, 5.41) is 9.68. The van der Waals surface area contributed by atoms with Crippen LogP contribution in [0.5, 0.6) is 0 Å². The summed E-state index contributed by atoms with van der Waals surface area (Å²) in [6.45, 7) is 2.48. The van der Waals surface area contributed by atoms with E-state index in [1.807, 2.05) is 12.1 Å². The maximum atomic E-state index is 12.1. The van der Waals surface area contributed by atoms with Crippen LogP contribution in [0.2, 0.25) is 0 Å². The molecule has 4 nitrogen and oxygen atoms in total. The van der Waals surface area contributed by atoms with Gasteiger partial charge in [-0.25, -0.2) is 0 Å². The zero-order valence-electron chi connectivity index (χ0n) is 13.9. The van der Waals surface area contributed by atoms with E-state index >= 15 is 0 Å². The fraction of sp³-hybridized carbons (Fsp3) is 0.632. The van der Waals surface area contributed by atoms with Crippen LogP contribution in [0.4, 0.5) is 5.69 Å². The molecule has 0 radical (unpaired) electrons. The second kappa shape index (κ2) is 8.46. The molecule has 23 heavy (non-hydrogen) atoms. The molecule has 0 atom stereocenters. The average Bonchev–Trinajstić information content (AvgIpc) is 2.62. The number of nitrogens with one attached hydrogen (secondary N) is 3. The lowest BCUT2D eigenvalue weighted by Crippen LogP contribution is -2.42. The van der Waals surface area contributed by atoms with Crippen molar-refractivity contribution in [3.63, 3.8) is 0 Å². The van der Waals surface area contributed by atoms with E-state index in [-0.39, 0.29) is 5.91 Å². The average molecular weight is 315 g/mol. The van der Waals surface area contributed by atoms with Crippen molar-refractivity contribution in [3.8, 4) is 0 Å². The molecule has 1 amide bonds. The maximum absolute atomic E-state index is 12.1. The molecule has 1 aliphatic heterocycles. The highest BCUT2D eigenvalue weighted by molar-refractivity contribution is 5.92. The summed E-state index contributed by atoms with van der Waals surface area (Å²) in [4.78, 5) is 12.1. The highest BCUT2D eigenvalue weighted by Gasteiger charge is 2.16. The van der Waals surface area contributed by atoms with E-state index in [0.29, 0.717) is 12.6 Å². The molecule has 2 fully saturated rings. The van der Waals surface area contributed by atoms with Gasteiger partial charge < -0.3 is 16.0 Å². The Hall–Kier alpha value is -1.39. The third-order valence-electron chi connectivity index (χ3n) is 5.16. The molecule has 3 rings (SSSR count). The molecule has 4 heteroatoms. The third kappa shape index (κ3) is 5.05. The van der Waals surface area contributed by atoms with Crippen LogP contribution in [0.15, 0.2) is 24.3 Å². The molecule has 0 spiro atoms. The van der Waals surface area contributed by atoms with Crippen molar-refractivity contribution in [3.05, 3.63) is 29.8 Å². The highest BCUT2D eigenvalue weighted by Crippen LogP contribution is 2.32. The Morgan fingerprint density at radius 2 is 1.70 bits per heavy atom. The maximum Gasteiger partial charge on any atom is 0.238 e. The Morgan fingerprint density at radius 3 is 2.39 bits per heavy atom. The van der Waals surface area contributed by atoms with Crippen molar-refractivity contribution >= 4 is 11.6 Å². The topological polar surface area (TPSA) is 53.2 Å². The lowest BCUT2D eigenvalue weighted by atomic mass is 9.84. The SMILES string of the molecule is O=C(CNC1CCNCC1)Nc1ccc(C2CCCCC2)cc1. The molecular formula is C19H29N3O. The lowest BCUT2D eigenvalue weighted by molar-refractivity contribution is -0.115. The van der Waals surface area contributed by atoms with Crippen LogP contribution in [0.3, 0.4) is 0 Å². The molecule has 1 heterocycles. The number of hydrogen-bond acceptors (Lipinski definition) is 3. The minimum absolute atomic E-state index is 0.0500. The molecule has 0 bridgehead atoms. The highest BCUT2D eigenvalue weighted by atomic mass is 16.1. The van der Waals surface area contributed by atoms with E-state index in [0.717, 1.165) is 37.5 Å². The zero-order valence-corrected chi connectivity index (χ0v) is 13.9. The third-order valence-corrected chi connectivity index (χ3v) is 5.16. The second-order valence-electron chi connectivity index (χ2n) is 6.91. The molecule has 1 aliphatic carbocycles. The summed E-state index contributed by atoms with van der Waals surface area (Å²) in [6, 6.07) is 8.94. The Balaban J connectivity index is 1.44. The molecule has 0 aromatic heterocycles. The molecule has 1 saturated carbocycles. The number of hydrogen-bond donors (Lipinski definition) is 3. The molecule has 0 unspecified atom stereocenters. The summed E-state index contributed by atoms with van der Waals surface area (Å²) >= 11 is 0. The van der Waals surface area contributed by atoms with Gasteiger partial charge in [-0.2, -0.15) is 0 Å². The summed E-state index contributed by atoms with van der Waals surface area (Å²) in [6.07, 6.45) is 8.91. The van der Waals surface area contributed by atoms with Gasteiger partial charge in [-0.15, -0.1) is 0 Å². The van der Waals surface area contributed by atoms with Gasteiger partial charge in [0.2, 0.25) is 5.91 Å². The second-order valence-corrected chi connectivity index (χ2v) is 6.91. The lowest BCUT2D eigenvalue weighted by Gasteiger charge is -2.23. The summed E-state index contributed by atoms with van der Waals surface area (Å²) in [7, 11) is 0. The summed E-state index contributed by atoms with van der Waals surface area (Å²) in [5.41, 5.74) is 2.33. The van der Waals surface area contributed by atoms with Crippen molar-refractivity contribution in [1.29, 1.82) is 0 Å². The summed E-state index contributed by atoms with van der Waals surface area (Å²) < 4.78 is 0. The smallest absolute Gasteiger partial charge is 0.238 e.